The molecule has 3 nitrogen and oxygen atoms in total. The molecule has 0 aromatic carbocycles. The summed E-state index contributed by atoms with van der Waals surface area (Å²) < 4.78 is 4.98. The molecule has 0 heterocycles. The van der Waals surface area contributed by atoms with E-state index in [2.05, 4.69) is 0 Å². The second-order valence-electron chi connectivity index (χ2n) is 3.78. The van der Waals surface area contributed by atoms with Gasteiger partial charge in [0.2, 0.25) is 0 Å². The van der Waals surface area contributed by atoms with Crippen LogP contribution in [0.25, 0.3) is 0 Å². The lowest BCUT2D eigenvalue weighted by Gasteiger charge is -2.20. The number of carbonyl (C=O) groups excluding carboxylic acids is 1. The van der Waals surface area contributed by atoms with Gasteiger partial charge < -0.3 is 10.5 Å². The molecule has 3 heteroatoms. The third-order valence-corrected chi connectivity index (χ3v) is 2.55. The lowest BCUT2D eigenvalue weighted by molar-refractivity contribution is -0.154. The van der Waals surface area contributed by atoms with Gasteiger partial charge in [-0.3, -0.25) is 4.79 Å². The van der Waals surface area contributed by atoms with Gasteiger partial charge in [-0.1, -0.05) is 0 Å². The van der Waals surface area contributed by atoms with E-state index in [1.165, 1.54) is 0 Å². The van der Waals surface area contributed by atoms with Crippen molar-refractivity contribution in [1.82, 2.24) is 0 Å². The third kappa shape index (κ3) is 1.78. The molecule has 2 atom stereocenters. The lowest BCUT2D eigenvalue weighted by atomic mass is 9.89. The monoisotopic (exact) mass is 171 g/mol. The molecule has 70 valence electrons. The SMILES string of the molecule is CCOC(=O)[C@]1(C)CC[C@H](N)C1. The highest BCUT2D eigenvalue weighted by Crippen LogP contribution is 2.37. The number of hydrogen-bond acceptors (Lipinski definition) is 3. The van der Waals surface area contributed by atoms with Gasteiger partial charge in [-0.05, 0) is 33.1 Å². The predicted octanol–water partition coefficient (Wildman–Crippen LogP) is 1.07. The molecule has 2 N–H and O–H groups in total. The Hall–Kier alpha value is -0.570. The molecule has 1 aliphatic rings. The summed E-state index contributed by atoms with van der Waals surface area (Å²) in [6.45, 7) is 4.23. The highest BCUT2D eigenvalue weighted by Gasteiger charge is 2.40. The molecule has 0 unspecified atom stereocenters. The van der Waals surface area contributed by atoms with E-state index >= 15 is 0 Å². The normalized spacial score (nSPS) is 35.1. The van der Waals surface area contributed by atoms with Crippen molar-refractivity contribution in [3.63, 3.8) is 0 Å². The summed E-state index contributed by atoms with van der Waals surface area (Å²) in [7, 11) is 0. The van der Waals surface area contributed by atoms with Crippen LogP contribution in [0.3, 0.4) is 0 Å². The Kier molecular flexibility index (Phi) is 2.73. The standard InChI is InChI=1S/C9H17NO2/c1-3-12-8(11)9(2)5-4-7(10)6-9/h7H,3-6,10H2,1-2H3/t7-,9+/m0/s1. The Bertz CT molecular complexity index is 181. The average molecular weight is 171 g/mol. The molecule has 0 bridgehead atoms. The van der Waals surface area contributed by atoms with Crippen molar-refractivity contribution in [3.05, 3.63) is 0 Å². The zero-order chi connectivity index (χ0) is 9.19. The van der Waals surface area contributed by atoms with Crippen molar-refractivity contribution in [2.75, 3.05) is 6.61 Å². The Morgan fingerprint density at radius 3 is 2.83 bits per heavy atom. The van der Waals surface area contributed by atoms with E-state index in [0.29, 0.717) is 6.61 Å². The first kappa shape index (κ1) is 9.52. The van der Waals surface area contributed by atoms with Crippen LogP contribution in [0, 0.1) is 5.41 Å². The minimum absolute atomic E-state index is 0.0852. The number of rotatable bonds is 2. The molecule has 0 amide bonds. The molecule has 0 saturated heterocycles. The van der Waals surface area contributed by atoms with Gasteiger partial charge >= 0.3 is 5.97 Å². The van der Waals surface area contributed by atoms with Gasteiger partial charge in [0.05, 0.1) is 12.0 Å². The van der Waals surface area contributed by atoms with E-state index in [1.807, 2.05) is 13.8 Å². The smallest absolute Gasteiger partial charge is 0.311 e. The quantitative estimate of drug-likeness (QED) is 0.632. The number of ether oxygens (including phenoxy) is 1. The molecule has 1 saturated carbocycles. The van der Waals surface area contributed by atoms with Crippen molar-refractivity contribution in [1.29, 1.82) is 0 Å². The second kappa shape index (κ2) is 3.44. The van der Waals surface area contributed by atoms with Crippen LogP contribution in [0.2, 0.25) is 0 Å². The first-order chi connectivity index (χ1) is 5.58. The summed E-state index contributed by atoms with van der Waals surface area (Å²) in [5.74, 6) is -0.0852. The first-order valence-electron chi connectivity index (χ1n) is 4.51. The summed E-state index contributed by atoms with van der Waals surface area (Å²) >= 11 is 0. The van der Waals surface area contributed by atoms with Crippen molar-refractivity contribution < 1.29 is 9.53 Å². The second-order valence-corrected chi connectivity index (χ2v) is 3.78. The Labute approximate surface area is 73.3 Å². The van der Waals surface area contributed by atoms with Gasteiger partial charge in [0.25, 0.3) is 0 Å². The van der Waals surface area contributed by atoms with Gasteiger partial charge in [-0.2, -0.15) is 0 Å². The van der Waals surface area contributed by atoms with Crippen LogP contribution in [0.15, 0.2) is 0 Å². The van der Waals surface area contributed by atoms with Crippen LogP contribution in [-0.4, -0.2) is 18.6 Å². The zero-order valence-corrected chi connectivity index (χ0v) is 7.80. The fraction of sp³-hybridized carbons (Fsp3) is 0.889. The largest absolute Gasteiger partial charge is 0.466 e. The number of nitrogens with two attached hydrogens (primary N) is 1. The summed E-state index contributed by atoms with van der Waals surface area (Å²) in [6.07, 6.45) is 2.58. The van der Waals surface area contributed by atoms with Gasteiger partial charge in [0.15, 0.2) is 0 Å². The molecule has 0 aliphatic heterocycles. The van der Waals surface area contributed by atoms with Crippen LogP contribution in [0.5, 0.6) is 0 Å². The van der Waals surface area contributed by atoms with Crippen LogP contribution in [0.4, 0.5) is 0 Å². The first-order valence-corrected chi connectivity index (χ1v) is 4.51. The van der Waals surface area contributed by atoms with Crippen molar-refractivity contribution in [2.24, 2.45) is 11.1 Å². The highest BCUT2D eigenvalue weighted by molar-refractivity contribution is 5.76. The fourth-order valence-electron chi connectivity index (χ4n) is 1.78. The maximum absolute atomic E-state index is 11.4. The van der Waals surface area contributed by atoms with E-state index in [-0.39, 0.29) is 17.4 Å². The number of hydrogen-bond donors (Lipinski definition) is 1. The maximum atomic E-state index is 11.4. The van der Waals surface area contributed by atoms with E-state index in [1.54, 1.807) is 0 Å². The average Bonchev–Trinajstić information content (AvgIpc) is 2.33. The minimum Gasteiger partial charge on any atom is -0.466 e. The summed E-state index contributed by atoms with van der Waals surface area (Å²) in [6, 6.07) is 0.180. The lowest BCUT2D eigenvalue weighted by Crippen LogP contribution is -2.29. The molecule has 0 aromatic rings. The highest BCUT2D eigenvalue weighted by atomic mass is 16.5. The third-order valence-electron chi connectivity index (χ3n) is 2.55. The van der Waals surface area contributed by atoms with Crippen LogP contribution >= 0.6 is 0 Å². The molecule has 0 spiro atoms. The van der Waals surface area contributed by atoms with Crippen LogP contribution in [0.1, 0.15) is 33.1 Å². The van der Waals surface area contributed by atoms with E-state index in [4.69, 9.17) is 10.5 Å². The molecular formula is C9H17NO2. The molecule has 1 fully saturated rings. The molecule has 0 radical (unpaired) electrons. The van der Waals surface area contributed by atoms with E-state index < -0.39 is 0 Å². The summed E-state index contributed by atoms with van der Waals surface area (Å²) in [4.78, 5) is 11.4. The van der Waals surface area contributed by atoms with Gasteiger partial charge in [0.1, 0.15) is 0 Å². The Morgan fingerprint density at radius 1 is 1.75 bits per heavy atom. The van der Waals surface area contributed by atoms with Crippen LogP contribution in [-0.2, 0) is 9.53 Å². The number of carbonyl (C=O) groups is 1. The summed E-state index contributed by atoms with van der Waals surface area (Å²) in [5, 5.41) is 0. The Balaban J connectivity index is 2.54. The fourth-order valence-corrected chi connectivity index (χ4v) is 1.78. The zero-order valence-electron chi connectivity index (χ0n) is 7.80. The maximum Gasteiger partial charge on any atom is 0.311 e. The van der Waals surface area contributed by atoms with Gasteiger partial charge in [-0.15, -0.1) is 0 Å². The predicted molar refractivity (Wildman–Crippen MR) is 46.6 cm³/mol. The van der Waals surface area contributed by atoms with Crippen molar-refractivity contribution in [2.45, 2.75) is 39.2 Å². The Morgan fingerprint density at radius 2 is 2.42 bits per heavy atom. The summed E-state index contributed by atoms with van der Waals surface area (Å²) in [5.41, 5.74) is 5.43. The van der Waals surface area contributed by atoms with Crippen molar-refractivity contribution >= 4 is 5.97 Å². The van der Waals surface area contributed by atoms with Gasteiger partial charge in [0, 0.05) is 6.04 Å². The van der Waals surface area contributed by atoms with Crippen molar-refractivity contribution in [3.8, 4) is 0 Å². The van der Waals surface area contributed by atoms with Gasteiger partial charge in [-0.25, -0.2) is 0 Å². The molecular weight excluding hydrogens is 154 g/mol. The molecule has 12 heavy (non-hydrogen) atoms. The minimum atomic E-state index is -0.310. The number of esters is 1. The van der Waals surface area contributed by atoms with E-state index in [9.17, 15) is 4.79 Å². The van der Waals surface area contributed by atoms with E-state index in [0.717, 1.165) is 19.3 Å². The van der Waals surface area contributed by atoms with Crippen LogP contribution < -0.4 is 5.73 Å². The molecule has 0 aromatic heterocycles. The topological polar surface area (TPSA) is 52.3 Å². The molecule has 1 aliphatic carbocycles. The molecule has 1 rings (SSSR count).